The van der Waals surface area contributed by atoms with Gasteiger partial charge in [-0.2, -0.15) is 0 Å². The van der Waals surface area contributed by atoms with Crippen molar-refractivity contribution in [3.8, 4) is 11.4 Å². The highest BCUT2D eigenvalue weighted by Gasteiger charge is 2.21. The zero-order valence-corrected chi connectivity index (χ0v) is 13.3. The maximum absolute atomic E-state index is 10.9. The summed E-state index contributed by atoms with van der Waals surface area (Å²) in [5.74, 6) is 0.625. The third-order valence-electron chi connectivity index (χ3n) is 3.71. The number of carbonyl (C=O) groups is 1. The third-order valence-corrected chi connectivity index (χ3v) is 4.20. The SMILES string of the molecule is O=C(O)N1CCN(Cc2ccc(Br)cc2-c2nnn[nH]2)CC1. The van der Waals surface area contributed by atoms with Crippen LogP contribution in [0.4, 0.5) is 4.79 Å². The summed E-state index contributed by atoms with van der Waals surface area (Å²) in [6.07, 6.45) is -0.850. The van der Waals surface area contributed by atoms with Crippen molar-refractivity contribution < 1.29 is 9.90 Å². The van der Waals surface area contributed by atoms with E-state index in [0.29, 0.717) is 18.9 Å². The molecule has 1 aliphatic rings. The van der Waals surface area contributed by atoms with E-state index in [1.165, 1.54) is 4.90 Å². The summed E-state index contributed by atoms with van der Waals surface area (Å²) < 4.78 is 0.957. The Labute approximate surface area is 135 Å². The summed E-state index contributed by atoms with van der Waals surface area (Å²) in [5, 5.41) is 23.0. The summed E-state index contributed by atoms with van der Waals surface area (Å²) in [5.41, 5.74) is 2.05. The number of amides is 1. The summed E-state index contributed by atoms with van der Waals surface area (Å²) >= 11 is 3.46. The molecule has 3 rings (SSSR count). The quantitative estimate of drug-likeness (QED) is 0.852. The number of piperazine rings is 1. The van der Waals surface area contributed by atoms with Gasteiger partial charge in [0.1, 0.15) is 0 Å². The van der Waals surface area contributed by atoms with Crippen molar-refractivity contribution in [1.82, 2.24) is 30.4 Å². The summed E-state index contributed by atoms with van der Waals surface area (Å²) in [6.45, 7) is 3.24. The second kappa shape index (κ2) is 6.41. The second-order valence-electron chi connectivity index (χ2n) is 5.10. The number of nitrogens with zero attached hydrogens (tertiary/aromatic N) is 5. The van der Waals surface area contributed by atoms with Crippen LogP contribution in [0.15, 0.2) is 22.7 Å². The number of carboxylic acid groups (broad SMARTS) is 1. The van der Waals surface area contributed by atoms with Gasteiger partial charge in [0, 0.05) is 42.8 Å². The van der Waals surface area contributed by atoms with Crippen LogP contribution in [-0.2, 0) is 6.54 Å². The van der Waals surface area contributed by atoms with Gasteiger partial charge in [-0.3, -0.25) is 4.90 Å². The Balaban J connectivity index is 1.75. The molecule has 2 N–H and O–H groups in total. The molecule has 2 aromatic rings. The van der Waals surface area contributed by atoms with E-state index in [0.717, 1.165) is 35.2 Å². The van der Waals surface area contributed by atoms with E-state index < -0.39 is 6.09 Å². The zero-order valence-electron chi connectivity index (χ0n) is 11.7. The average molecular weight is 367 g/mol. The van der Waals surface area contributed by atoms with E-state index in [2.05, 4.69) is 41.5 Å². The fraction of sp³-hybridized carbons (Fsp3) is 0.385. The topological polar surface area (TPSA) is 98.2 Å². The van der Waals surface area contributed by atoms with Gasteiger partial charge < -0.3 is 10.0 Å². The lowest BCUT2D eigenvalue weighted by Gasteiger charge is -2.33. The molecule has 9 heteroatoms. The van der Waals surface area contributed by atoms with E-state index in [1.54, 1.807) is 0 Å². The first-order chi connectivity index (χ1) is 10.6. The molecular weight excluding hydrogens is 352 g/mol. The van der Waals surface area contributed by atoms with Crippen molar-refractivity contribution in [2.45, 2.75) is 6.54 Å². The molecule has 1 aromatic carbocycles. The number of tetrazole rings is 1. The first-order valence-electron chi connectivity index (χ1n) is 6.86. The van der Waals surface area contributed by atoms with Gasteiger partial charge in [0.15, 0.2) is 5.82 Å². The molecule has 116 valence electrons. The lowest BCUT2D eigenvalue weighted by molar-refractivity contribution is 0.103. The highest BCUT2D eigenvalue weighted by atomic mass is 79.9. The molecule has 1 aromatic heterocycles. The fourth-order valence-electron chi connectivity index (χ4n) is 2.52. The zero-order chi connectivity index (χ0) is 15.5. The van der Waals surface area contributed by atoms with Crippen molar-refractivity contribution in [3.63, 3.8) is 0 Å². The highest BCUT2D eigenvalue weighted by molar-refractivity contribution is 9.10. The van der Waals surface area contributed by atoms with Crippen molar-refractivity contribution in [1.29, 1.82) is 0 Å². The molecule has 1 fully saturated rings. The molecule has 0 bridgehead atoms. The molecule has 1 aliphatic heterocycles. The lowest BCUT2D eigenvalue weighted by Crippen LogP contribution is -2.47. The molecule has 0 unspecified atom stereocenters. The number of rotatable bonds is 3. The first-order valence-corrected chi connectivity index (χ1v) is 7.65. The summed E-state index contributed by atoms with van der Waals surface area (Å²) in [6, 6.07) is 5.99. The maximum atomic E-state index is 10.9. The molecular formula is C13H15BrN6O2. The van der Waals surface area contributed by atoms with E-state index >= 15 is 0 Å². The number of aromatic nitrogens is 4. The predicted octanol–water partition coefficient (Wildman–Crippen LogP) is 1.42. The van der Waals surface area contributed by atoms with E-state index in [1.807, 2.05) is 18.2 Å². The van der Waals surface area contributed by atoms with Crippen LogP contribution in [0.25, 0.3) is 11.4 Å². The van der Waals surface area contributed by atoms with Crippen molar-refractivity contribution in [2.75, 3.05) is 26.2 Å². The largest absolute Gasteiger partial charge is 0.465 e. The van der Waals surface area contributed by atoms with Crippen LogP contribution < -0.4 is 0 Å². The standard InChI is InChI=1S/C13H15BrN6O2/c14-10-2-1-9(11(7-10)12-15-17-18-16-12)8-19-3-5-20(6-4-19)13(21)22/h1-2,7H,3-6,8H2,(H,21,22)(H,15,16,17,18). The van der Waals surface area contributed by atoms with Crippen LogP contribution in [0.3, 0.4) is 0 Å². The van der Waals surface area contributed by atoms with Crippen LogP contribution in [0, 0.1) is 0 Å². The molecule has 0 spiro atoms. The van der Waals surface area contributed by atoms with Crippen LogP contribution in [-0.4, -0.2) is 67.8 Å². The van der Waals surface area contributed by atoms with Crippen LogP contribution in [0.5, 0.6) is 0 Å². The van der Waals surface area contributed by atoms with Crippen LogP contribution in [0.2, 0.25) is 0 Å². The molecule has 1 amide bonds. The Morgan fingerprint density at radius 1 is 1.32 bits per heavy atom. The Morgan fingerprint density at radius 2 is 2.09 bits per heavy atom. The van der Waals surface area contributed by atoms with Crippen molar-refractivity contribution in [2.24, 2.45) is 0 Å². The highest BCUT2D eigenvalue weighted by Crippen LogP contribution is 2.25. The summed E-state index contributed by atoms with van der Waals surface area (Å²) in [4.78, 5) is 14.6. The van der Waals surface area contributed by atoms with Crippen molar-refractivity contribution in [3.05, 3.63) is 28.2 Å². The normalized spacial score (nSPS) is 16.0. The molecule has 0 radical (unpaired) electrons. The Bertz CT molecular complexity index is 655. The van der Waals surface area contributed by atoms with E-state index in [4.69, 9.17) is 5.11 Å². The van der Waals surface area contributed by atoms with Gasteiger partial charge in [-0.25, -0.2) is 9.89 Å². The minimum Gasteiger partial charge on any atom is -0.465 e. The molecule has 1 saturated heterocycles. The van der Waals surface area contributed by atoms with Crippen LogP contribution in [0.1, 0.15) is 5.56 Å². The molecule has 0 atom stereocenters. The number of halogens is 1. The van der Waals surface area contributed by atoms with E-state index in [9.17, 15) is 4.79 Å². The number of hydrogen-bond donors (Lipinski definition) is 2. The van der Waals surface area contributed by atoms with Gasteiger partial charge in [-0.15, -0.1) is 5.10 Å². The molecule has 8 nitrogen and oxygen atoms in total. The number of nitrogens with one attached hydrogen (secondary N) is 1. The monoisotopic (exact) mass is 366 g/mol. The van der Waals surface area contributed by atoms with Crippen molar-refractivity contribution >= 4 is 22.0 Å². The second-order valence-corrected chi connectivity index (χ2v) is 6.01. The van der Waals surface area contributed by atoms with Gasteiger partial charge in [0.05, 0.1) is 0 Å². The Morgan fingerprint density at radius 3 is 2.73 bits per heavy atom. The fourth-order valence-corrected chi connectivity index (χ4v) is 2.88. The van der Waals surface area contributed by atoms with Gasteiger partial charge in [0.2, 0.25) is 0 Å². The summed E-state index contributed by atoms with van der Waals surface area (Å²) in [7, 11) is 0. The lowest BCUT2D eigenvalue weighted by atomic mass is 10.1. The molecule has 0 aliphatic carbocycles. The number of benzene rings is 1. The number of aromatic amines is 1. The first kappa shape index (κ1) is 14.9. The Hall–Kier alpha value is -2.00. The predicted molar refractivity (Wildman–Crippen MR) is 82.2 cm³/mol. The third kappa shape index (κ3) is 3.25. The minimum atomic E-state index is -0.850. The van der Waals surface area contributed by atoms with Gasteiger partial charge in [-0.05, 0) is 28.1 Å². The van der Waals surface area contributed by atoms with Gasteiger partial charge in [0.25, 0.3) is 0 Å². The van der Waals surface area contributed by atoms with E-state index in [-0.39, 0.29) is 0 Å². The molecule has 22 heavy (non-hydrogen) atoms. The minimum absolute atomic E-state index is 0.533. The smallest absolute Gasteiger partial charge is 0.407 e. The maximum Gasteiger partial charge on any atom is 0.407 e. The van der Waals surface area contributed by atoms with Gasteiger partial charge >= 0.3 is 6.09 Å². The van der Waals surface area contributed by atoms with Crippen LogP contribution >= 0.6 is 15.9 Å². The number of H-pyrrole nitrogens is 1. The molecule has 2 heterocycles. The number of hydrogen-bond acceptors (Lipinski definition) is 5. The van der Waals surface area contributed by atoms with Gasteiger partial charge in [-0.1, -0.05) is 22.0 Å². The Kier molecular flexibility index (Phi) is 4.34. The molecule has 0 saturated carbocycles. The average Bonchev–Trinajstić information content (AvgIpc) is 3.04.